The van der Waals surface area contributed by atoms with E-state index in [1.807, 2.05) is 12.2 Å². The Bertz CT molecular complexity index is 116. The molecule has 0 heterocycles. The van der Waals surface area contributed by atoms with Crippen LogP contribution in [-0.2, 0) is 0 Å². The molecular weight excluding hydrogens is 148 g/mol. The van der Waals surface area contributed by atoms with Crippen molar-refractivity contribution in [2.45, 2.75) is 37.8 Å². The Morgan fingerprint density at radius 3 is 1.50 bits per heavy atom. The van der Waals surface area contributed by atoms with Crippen LogP contribution in [0.25, 0.3) is 0 Å². The lowest BCUT2D eigenvalue weighted by molar-refractivity contribution is 0.475. The zero-order valence-electron chi connectivity index (χ0n) is 7.71. The lowest BCUT2D eigenvalue weighted by Gasteiger charge is -2.18. The predicted octanol–water partition coefficient (Wildman–Crippen LogP) is 1.57. The average molecular weight is 168 g/mol. The Morgan fingerprint density at radius 2 is 1.25 bits per heavy atom. The third-order valence-electron chi connectivity index (χ3n) is 1.96. The molecular formula is C10H20N2. The molecule has 0 aromatic heterocycles. The van der Waals surface area contributed by atoms with Crippen molar-refractivity contribution in [3.63, 3.8) is 0 Å². The third-order valence-corrected chi connectivity index (χ3v) is 1.96. The van der Waals surface area contributed by atoms with Gasteiger partial charge in [-0.05, 0) is 25.7 Å². The molecule has 12 heavy (non-hydrogen) atoms. The summed E-state index contributed by atoms with van der Waals surface area (Å²) in [6, 6.07) is 0.200. The maximum atomic E-state index is 5.84. The fourth-order valence-corrected chi connectivity index (χ4v) is 1.05. The summed E-state index contributed by atoms with van der Waals surface area (Å²) in [7, 11) is 0. The molecule has 0 saturated carbocycles. The van der Waals surface area contributed by atoms with E-state index in [2.05, 4.69) is 13.2 Å². The summed E-state index contributed by atoms with van der Waals surface area (Å²) < 4.78 is 0. The van der Waals surface area contributed by atoms with Crippen LogP contribution < -0.4 is 11.5 Å². The lowest BCUT2D eigenvalue weighted by atomic mass is 10.0. The Kier molecular flexibility index (Phi) is 6.72. The van der Waals surface area contributed by atoms with E-state index >= 15 is 0 Å². The van der Waals surface area contributed by atoms with Crippen LogP contribution in [0, 0.1) is 0 Å². The van der Waals surface area contributed by atoms with Crippen LogP contribution in [0.3, 0.4) is 0 Å². The summed E-state index contributed by atoms with van der Waals surface area (Å²) in [4.78, 5) is 0. The first kappa shape index (κ1) is 11.4. The van der Waals surface area contributed by atoms with Gasteiger partial charge >= 0.3 is 0 Å². The molecule has 0 rings (SSSR count). The maximum absolute atomic E-state index is 5.84. The molecule has 4 N–H and O–H groups in total. The highest BCUT2D eigenvalue weighted by atomic mass is 14.8. The molecule has 0 aromatic rings. The molecule has 0 aliphatic carbocycles. The highest BCUT2D eigenvalue weighted by molar-refractivity contribution is 4.81. The Morgan fingerprint density at radius 1 is 0.917 bits per heavy atom. The van der Waals surface area contributed by atoms with Crippen molar-refractivity contribution in [3.05, 3.63) is 25.3 Å². The predicted molar refractivity (Wildman–Crippen MR) is 54.8 cm³/mol. The SMILES string of the molecule is C=CCCC(N)C(N)CCC=C. The summed E-state index contributed by atoms with van der Waals surface area (Å²) in [6.45, 7) is 7.28. The second-order valence-electron chi connectivity index (χ2n) is 3.06. The average Bonchev–Trinajstić information content (AvgIpc) is 2.10. The van der Waals surface area contributed by atoms with Gasteiger partial charge in [-0.1, -0.05) is 12.2 Å². The van der Waals surface area contributed by atoms with Crippen molar-refractivity contribution in [2.24, 2.45) is 11.5 Å². The standard InChI is InChI=1S/C10H20N2/c1-3-5-7-9(11)10(12)8-6-4-2/h3-4,9-10H,1-2,5-8,11-12H2. The third kappa shape index (κ3) is 5.10. The minimum atomic E-state index is 0.1000. The highest BCUT2D eigenvalue weighted by Gasteiger charge is 2.10. The normalized spacial score (nSPS) is 15.2. The number of allylic oxidation sites excluding steroid dienone is 2. The molecule has 2 heteroatoms. The van der Waals surface area contributed by atoms with Crippen LogP contribution in [0.2, 0.25) is 0 Å². The van der Waals surface area contributed by atoms with E-state index in [-0.39, 0.29) is 12.1 Å². The van der Waals surface area contributed by atoms with Gasteiger partial charge in [-0.2, -0.15) is 0 Å². The van der Waals surface area contributed by atoms with Crippen LogP contribution in [0.5, 0.6) is 0 Å². The largest absolute Gasteiger partial charge is 0.326 e. The topological polar surface area (TPSA) is 52.0 Å². The van der Waals surface area contributed by atoms with Crippen molar-refractivity contribution in [1.29, 1.82) is 0 Å². The second kappa shape index (κ2) is 7.07. The molecule has 0 radical (unpaired) electrons. The van der Waals surface area contributed by atoms with Gasteiger partial charge < -0.3 is 11.5 Å². The molecule has 0 amide bonds. The van der Waals surface area contributed by atoms with Crippen LogP contribution in [-0.4, -0.2) is 12.1 Å². The number of hydrogen-bond donors (Lipinski definition) is 2. The maximum Gasteiger partial charge on any atom is 0.0195 e. The van der Waals surface area contributed by atoms with Crippen molar-refractivity contribution < 1.29 is 0 Å². The minimum absolute atomic E-state index is 0.1000. The first-order chi connectivity index (χ1) is 5.72. The van der Waals surface area contributed by atoms with Crippen molar-refractivity contribution in [3.8, 4) is 0 Å². The van der Waals surface area contributed by atoms with Gasteiger partial charge in [-0.15, -0.1) is 13.2 Å². The molecule has 0 aliphatic heterocycles. The van der Waals surface area contributed by atoms with Gasteiger partial charge in [0, 0.05) is 12.1 Å². The van der Waals surface area contributed by atoms with Crippen molar-refractivity contribution in [1.82, 2.24) is 0 Å². The number of nitrogens with two attached hydrogens (primary N) is 2. The summed E-state index contributed by atoms with van der Waals surface area (Å²) in [6.07, 6.45) is 7.51. The van der Waals surface area contributed by atoms with Gasteiger partial charge in [0.2, 0.25) is 0 Å². The summed E-state index contributed by atoms with van der Waals surface area (Å²) >= 11 is 0. The zero-order valence-corrected chi connectivity index (χ0v) is 7.71. The summed E-state index contributed by atoms with van der Waals surface area (Å²) in [5.74, 6) is 0. The monoisotopic (exact) mass is 168 g/mol. The van der Waals surface area contributed by atoms with Crippen LogP contribution in [0.15, 0.2) is 25.3 Å². The van der Waals surface area contributed by atoms with E-state index in [1.54, 1.807) is 0 Å². The smallest absolute Gasteiger partial charge is 0.0195 e. The van der Waals surface area contributed by atoms with E-state index in [0.29, 0.717) is 0 Å². The van der Waals surface area contributed by atoms with Gasteiger partial charge in [0.05, 0.1) is 0 Å². The van der Waals surface area contributed by atoms with E-state index in [0.717, 1.165) is 25.7 Å². The van der Waals surface area contributed by atoms with Crippen LogP contribution >= 0.6 is 0 Å². The molecule has 0 bridgehead atoms. The number of rotatable bonds is 7. The van der Waals surface area contributed by atoms with Crippen molar-refractivity contribution >= 4 is 0 Å². The van der Waals surface area contributed by atoms with Gasteiger partial charge in [-0.25, -0.2) is 0 Å². The molecule has 0 saturated heterocycles. The first-order valence-electron chi connectivity index (χ1n) is 4.45. The summed E-state index contributed by atoms with van der Waals surface area (Å²) in [5, 5.41) is 0. The molecule has 2 nitrogen and oxygen atoms in total. The molecule has 0 spiro atoms. The Hall–Kier alpha value is -0.600. The first-order valence-corrected chi connectivity index (χ1v) is 4.45. The molecule has 0 fully saturated rings. The van der Waals surface area contributed by atoms with Crippen molar-refractivity contribution in [2.75, 3.05) is 0 Å². The number of hydrogen-bond acceptors (Lipinski definition) is 2. The van der Waals surface area contributed by atoms with E-state index in [9.17, 15) is 0 Å². The second-order valence-corrected chi connectivity index (χ2v) is 3.06. The van der Waals surface area contributed by atoms with E-state index < -0.39 is 0 Å². The van der Waals surface area contributed by atoms with Gasteiger partial charge in [0.1, 0.15) is 0 Å². The quantitative estimate of drug-likeness (QED) is 0.567. The van der Waals surface area contributed by atoms with Gasteiger partial charge in [0.15, 0.2) is 0 Å². The molecule has 0 aliphatic rings. The highest BCUT2D eigenvalue weighted by Crippen LogP contribution is 2.04. The molecule has 2 unspecified atom stereocenters. The fourth-order valence-electron chi connectivity index (χ4n) is 1.05. The molecule has 2 atom stereocenters. The fraction of sp³-hybridized carbons (Fsp3) is 0.600. The van der Waals surface area contributed by atoms with Crippen LogP contribution in [0.4, 0.5) is 0 Å². The van der Waals surface area contributed by atoms with E-state index in [4.69, 9.17) is 11.5 Å². The van der Waals surface area contributed by atoms with Crippen LogP contribution in [0.1, 0.15) is 25.7 Å². The Labute approximate surface area is 75.3 Å². The lowest BCUT2D eigenvalue weighted by Crippen LogP contribution is -2.41. The van der Waals surface area contributed by atoms with E-state index in [1.165, 1.54) is 0 Å². The van der Waals surface area contributed by atoms with Gasteiger partial charge in [-0.3, -0.25) is 0 Å². The Balaban J connectivity index is 3.52. The summed E-state index contributed by atoms with van der Waals surface area (Å²) in [5.41, 5.74) is 11.7. The minimum Gasteiger partial charge on any atom is -0.326 e. The zero-order chi connectivity index (χ0) is 9.40. The molecule has 70 valence electrons. The molecule has 0 aromatic carbocycles. The van der Waals surface area contributed by atoms with Gasteiger partial charge in [0.25, 0.3) is 0 Å².